The van der Waals surface area contributed by atoms with E-state index in [1.807, 2.05) is 12.1 Å². The fraction of sp³-hybridized carbons (Fsp3) is 0.500. The Morgan fingerprint density at radius 1 is 1.47 bits per heavy atom. The van der Waals surface area contributed by atoms with Crippen LogP contribution in [0.25, 0.3) is 0 Å². The Morgan fingerprint density at radius 3 is 2.63 bits per heavy atom. The van der Waals surface area contributed by atoms with E-state index in [4.69, 9.17) is 22.5 Å². The summed E-state index contributed by atoms with van der Waals surface area (Å²) >= 11 is 6.30. The topological polar surface area (TPSA) is 61.8 Å². The molecule has 0 heterocycles. The van der Waals surface area contributed by atoms with Crippen LogP contribution in [0, 0.1) is 5.92 Å². The molecule has 0 saturated heterocycles. The molecule has 5 heteroatoms. The summed E-state index contributed by atoms with van der Waals surface area (Å²) in [6.07, 6.45) is 1.14. The fourth-order valence-corrected chi connectivity index (χ4v) is 2.18. The van der Waals surface area contributed by atoms with E-state index in [1.165, 1.54) is 0 Å². The first-order valence-corrected chi connectivity index (χ1v) is 6.93. The molecule has 19 heavy (non-hydrogen) atoms. The average Bonchev–Trinajstić information content (AvgIpc) is 2.43. The quantitative estimate of drug-likeness (QED) is 0.364. The highest BCUT2D eigenvalue weighted by Gasteiger charge is 2.13. The van der Waals surface area contributed by atoms with E-state index < -0.39 is 0 Å². The molecule has 0 aliphatic heterocycles. The lowest BCUT2D eigenvalue weighted by Gasteiger charge is -2.27. The number of nitrogens with zero attached hydrogens (tertiary/aromatic N) is 2. The molecule has 4 nitrogen and oxygen atoms in total. The third-order valence-electron chi connectivity index (χ3n) is 3.30. The Labute approximate surface area is 119 Å². The van der Waals surface area contributed by atoms with Crippen molar-refractivity contribution >= 4 is 23.1 Å². The SMILES string of the molecule is CCC(C)CN(CC)c1ccc(C(N)=NO)cc1Cl. The van der Waals surface area contributed by atoms with Crippen molar-refractivity contribution in [1.82, 2.24) is 0 Å². The molecular formula is C14H22ClN3O. The summed E-state index contributed by atoms with van der Waals surface area (Å²) in [4.78, 5) is 2.24. The Hall–Kier alpha value is -1.42. The van der Waals surface area contributed by atoms with Crippen molar-refractivity contribution < 1.29 is 5.21 Å². The van der Waals surface area contributed by atoms with Gasteiger partial charge < -0.3 is 15.8 Å². The van der Waals surface area contributed by atoms with Crippen LogP contribution >= 0.6 is 11.6 Å². The molecule has 1 rings (SSSR count). The van der Waals surface area contributed by atoms with E-state index >= 15 is 0 Å². The van der Waals surface area contributed by atoms with Gasteiger partial charge in [0.2, 0.25) is 0 Å². The van der Waals surface area contributed by atoms with Gasteiger partial charge in [-0.2, -0.15) is 0 Å². The van der Waals surface area contributed by atoms with Crippen molar-refractivity contribution in [2.24, 2.45) is 16.8 Å². The number of anilines is 1. The minimum Gasteiger partial charge on any atom is -0.409 e. The lowest BCUT2D eigenvalue weighted by molar-refractivity contribution is 0.318. The molecule has 1 atom stereocenters. The van der Waals surface area contributed by atoms with Crippen molar-refractivity contribution in [1.29, 1.82) is 0 Å². The Morgan fingerprint density at radius 2 is 2.16 bits per heavy atom. The number of nitrogens with two attached hydrogens (primary N) is 1. The van der Waals surface area contributed by atoms with Gasteiger partial charge in [-0.05, 0) is 31.0 Å². The molecule has 0 aromatic heterocycles. The van der Waals surface area contributed by atoms with E-state index in [0.717, 1.165) is 25.2 Å². The highest BCUT2D eigenvalue weighted by atomic mass is 35.5. The van der Waals surface area contributed by atoms with Crippen molar-refractivity contribution in [3.8, 4) is 0 Å². The van der Waals surface area contributed by atoms with Crippen LogP contribution in [0.2, 0.25) is 5.02 Å². The van der Waals surface area contributed by atoms with Gasteiger partial charge in [-0.1, -0.05) is 37.0 Å². The average molecular weight is 284 g/mol. The monoisotopic (exact) mass is 283 g/mol. The normalized spacial score (nSPS) is 13.4. The lowest BCUT2D eigenvalue weighted by Crippen LogP contribution is -2.28. The number of benzene rings is 1. The summed E-state index contributed by atoms with van der Waals surface area (Å²) in [5.41, 5.74) is 7.16. The predicted octanol–water partition coefficient (Wildman–Crippen LogP) is 3.31. The smallest absolute Gasteiger partial charge is 0.170 e. The molecule has 0 bridgehead atoms. The number of hydrogen-bond acceptors (Lipinski definition) is 3. The third-order valence-corrected chi connectivity index (χ3v) is 3.61. The summed E-state index contributed by atoms with van der Waals surface area (Å²) in [6, 6.07) is 5.46. The first-order valence-electron chi connectivity index (χ1n) is 6.55. The Kier molecular flexibility index (Phi) is 5.96. The Balaban J connectivity index is 2.99. The minimum atomic E-state index is 0.0680. The number of hydrogen-bond donors (Lipinski definition) is 2. The van der Waals surface area contributed by atoms with Crippen LogP contribution < -0.4 is 10.6 Å². The van der Waals surface area contributed by atoms with Gasteiger partial charge in [0, 0.05) is 18.7 Å². The van der Waals surface area contributed by atoms with Gasteiger partial charge in [0.05, 0.1) is 10.7 Å². The molecule has 1 unspecified atom stereocenters. The summed E-state index contributed by atoms with van der Waals surface area (Å²) < 4.78 is 0. The van der Waals surface area contributed by atoms with E-state index in [0.29, 0.717) is 16.5 Å². The molecule has 0 saturated carbocycles. The first kappa shape index (κ1) is 15.6. The number of amidine groups is 1. The van der Waals surface area contributed by atoms with Crippen molar-refractivity contribution in [3.63, 3.8) is 0 Å². The van der Waals surface area contributed by atoms with Crippen molar-refractivity contribution in [3.05, 3.63) is 28.8 Å². The standard InChI is InChI=1S/C14H22ClN3O/c1-4-10(3)9-18(5-2)13-7-6-11(8-12(13)15)14(16)17-19/h6-8,10,19H,4-5,9H2,1-3H3,(H2,16,17). The molecule has 0 fully saturated rings. The van der Waals surface area contributed by atoms with Crippen LogP contribution in [-0.2, 0) is 0 Å². The van der Waals surface area contributed by atoms with E-state index in [2.05, 4.69) is 30.8 Å². The van der Waals surface area contributed by atoms with Gasteiger partial charge in [0.1, 0.15) is 0 Å². The van der Waals surface area contributed by atoms with E-state index in [-0.39, 0.29) is 5.84 Å². The van der Waals surface area contributed by atoms with Crippen molar-refractivity contribution in [2.75, 3.05) is 18.0 Å². The molecule has 0 aliphatic carbocycles. The zero-order valence-electron chi connectivity index (χ0n) is 11.7. The van der Waals surface area contributed by atoms with Crippen LogP contribution in [0.1, 0.15) is 32.8 Å². The molecule has 106 valence electrons. The second kappa shape index (κ2) is 7.24. The van der Waals surface area contributed by atoms with Gasteiger partial charge in [-0.3, -0.25) is 0 Å². The number of halogens is 1. The van der Waals surface area contributed by atoms with Crippen LogP contribution in [0.15, 0.2) is 23.4 Å². The summed E-state index contributed by atoms with van der Waals surface area (Å²) in [7, 11) is 0. The van der Waals surface area contributed by atoms with E-state index in [1.54, 1.807) is 6.07 Å². The number of rotatable bonds is 6. The maximum Gasteiger partial charge on any atom is 0.170 e. The largest absolute Gasteiger partial charge is 0.409 e. The van der Waals surface area contributed by atoms with E-state index in [9.17, 15) is 0 Å². The first-order chi connectivity index (χ1) is 9.03. The molecule has 3 N–H and O–H groups in total. The van der Waals surface area contributed by atoms with Crippen LogP contribution in [0.5, 0.6) is 0 Å². The Bertz CT molecular complexity index is 448. The van der Waals surface area contributed by atoms with Crippen LogP contribution in [-0.4, -0.2) is 24.1 Å². The molecule has 0 radical (unpaired) electrons. The van der Waals surface area contributed by atoms with Gasteiger partial charge in [-0.25, -0.2) is 0 Å². The minimum absolute atomic E-state index is 0.0680. The predicted molar refractivity (Wildman–Crippen MR) is 81.3 cm³/mol. The second-order valence-corrected chi connectivity index (χ2v) is 5.11. The molecule has 1 aromatic rings. The molecule has 0 amide bonds. The summed E-state index contributed by atoms with van der Waals surface area (Å²) in [5.74, 6) is 0.679. The van der Waals surface area contributed by atoms with Gasteiger partial charge in [0.15, 0.2) is 5.84 Å². The number of oxime groups is 1. The maximum atomic E-state index is 8.66. The third kappa shape index (κ3) is 4.03. The van der Waals surface area contributed by atoms with Gasteiger partial charge in [0.25, 0.3) is 0 Å². The maximum absolute atomic E-state index is 8.66. The highest BCUT2D eigenvalue weighted by molar-refractivity contribution is 6.33. The zero-order chi connectivity index (χ0) is 14.4. The van der Waals surface area contributed by atoms with Gasteiger partial charge >= 0.3 is 0 Å². The van der Waals surface area contributed by atoms with Crippen LogP contribution in [0.4, 0.5) is 5.69 Å². The molecule has 0 spiro atoms. The van der Waals surface area contributed by atoms with Gasteiger partial charge in [-0.15, -0.1) is 0 Å². The lowest BCUT2D eigenvalue weighted by atomic mass is 10.1. The molecule has 0 aliphatic rings. The summed E-state index contributed by atoms with van der Waals surface area (Å²) in [5, 5.41) is 12.3. The highest BCUT2D eigenvalue weighted by Crippen LogP contribution is 2.27. The summed E-state index contributed by atoms with van der Waals surface area (Å²) in [6.45, 7) is 8.38. The van der Waals surface area contributed by atoms with Crippen molar-refractivity contribution in [2.45, 2.75) is 27.2 Å². The molecular weight excluding hydrogens is 262 g/mol. The molecule has 1 aromatic carbocycles. The fourth-order valence-electron chi connectivity index (χ4n) is 1.88. The zero-order valence-corrected chi connectivity index (χ0v) is 12.5. The second-order valence-electron chi connectivity index (χ2n) is 4.70. The van der Waals surface area contributed by atoms with Crippen LogP contribution in [0.3, 0.4) is 0 Å².